The van der Waals surface area contributed by atoms with Gasteiger partial charge in [0.25, 0.3) is 0 Å². The van der Waals surface area contributed by atoms with Crippen molar-refractivity contribution in [2.75, 3.05) is 26.2 Å². The van der Waals surface area contributed by atoms with Gasteiger partial charge in [0.15, 0.2) is 0 Å². The first-order valence-electron chi connectivity index (χ1n) is 8.02. The molecule has 128 valence electrons. The van der Waals surface area contributed by atoms with Gasteiger partial charge < -0.3 is 15.0 Å². The zero-order chi connectivity index (χ0) is 17.0. The number of rotatable bonds is 6. The molecule has 1 aliphatic rings. The number of carbonyl (C=O) groups excluding carboxylic acids is 2. The van der Waals surface area contributed by atoms with Crippen molar-refractivity contribution in [2.24, 2.45) is 5.92 Å². The molecule has 0 saturated carbocycles. The van der Waals surface area contributed by atoms with Crippen molar-refractivity contribution in [2.45, 2.75) is 40.3 Å². The monoisotopic (exact) mass is 322 g/mol. The van der Waals surface area contributed by atoms with E-state index in [1.807, 2.05) is 24.8 Å². The number of ether oxygens (including phenoxy) is 1. The molecule has 2 rings (SSSR count). The quantitative estimate of drug-likeness (QED) is 0.827. The van der Waals surface area contributed by atoms with E-state index in [2.05, 4.69) is 24.3 Å². The Kier molecular flexibility index (Phi) is 5.76. The van der Waals surface area contributed by atoms with Crippen LogP contribution in [0.4, 0.5) is 0 Å². The van der Waals surface area contributed by atoms with Crippen LogP contribution >= 0.6 is 0 Å². The maximum absolute atomic E-state index is 12.0. The fourth-order valence-electron chi connectivity index (χ4n) is 2.68. The Balaban J connectivity index is 1.79. The fraction of sp³-hybridized carbons (Fsp3) is 0.688. The van der Waals surface area contributed by atoms with Gasteiger partial charge in [-0.15, -0.1) is 0 Å². The van der Waals surface area contributed by atoms with E-state index in [-0.39, 0.29) is 31.1 Å². The first-order chi connectivity index (χ1) is 10.8. The Hall–Kier alpha value is -1.89. The van der Waals surface area contributed by atoms with Crippen LogP contribution in [0.25, 0.3) is 0 Å². The maximum atomic E-state index is 12.0. The number of aromatic nitrogens is 2. The second-order valence-electron chi connectivity index (χ2n) is 6.51. The summed E-state index contributed by atoms with van der Waals surface area (Å²) in [5.74, 6) is 0.328. The Morgan fingerprint density at radius 3 is 2.83 bits per heavy atom. The number of hydrogen-bond acceptors (Lipinski definition) is 4. The molecule has 2 heterocycles. The van der Waals surface area contributed by atoms with E-state index in [0.717, 1.165) is 17.9 Å². The third kappa shape index (κ3) is 5.06. The van der Waals surface area contributed by atoms with Crippen molar-refractivity contribution in [1.29, 1.82) is 0 Å². The summed E-state index contributed by atoms with van der Waals surface area (Å²) in [6.07, 6.45) is -0.157. The molecule has 0 bridgehead atoms. The minimum absolute atomic E-state index is 0.0175. The maximum Gasteiger partial charge on any atom is 0.248 e. The molecule has 1 aromatic rings. The van der Waals surface area contributed by atoms with E-state index in [9.17, 15) is 9.59 Å². The van der Waals surface area contributed by atoms with Gasteiger partial charge in [-0.1, -0.05) is 13.8 Å². The van der Waals surface area contributed by atoms with Gasteiger partial charge in [-0.3, -0.25) is 14.3 Å². The van der Waals surface area contributed by atoms with Crippen molar-refractivity contribution in [3.63, 3.8) is 0 Å². The molecule has 23 heavy (non-hydrogen) atoms. The van der Waals surface area contributed by atoms with Crippen LogP contribution in [0.15, 0.2) is 6.07 Å². The van der Waals surface area contributed by atoms with Gasteiger partial charge in [-0.25, -0.2) is 0 Å². The number of carbonyl (C=O) groups is 2. The molecule has 1 N–H and O–H groups in total. The first kappa shape index (κ1) is 17.5. The van der Waals surface area contributed by atoms with E-state index >= 15 is 0 Å². The van der Waals surface area contributed by atoms with Gasteiger partial charge in [0.05, 0.1) is 11.8 Å². The molecule has 1 fully saturated rings. The van der Waals surface area contributed by atoms with Crippen LogP contribution in [0.1, 0.15) is 25.2 Å². The number of morpholine rings is 1. The van der Waals surface area contributed by atoms with Gasteiger partial charge in [0, 0.05) is 25.3 Å². The second kappa shape index (κ2) is 7.59. The number of nitrogens with one attached hydrogen (secondary N) is 1. The topological polar surface area (TPSA) is 76.5 Å². The van der Waals surface area contributed by atoms with E-state index in [4.69, 9.17) is 4.74 Å². The minimum atomic E-state index is -0.157. The summed E-state index contributed by atoms with van der Waals surface area (Å²) < 4.78 is 7.18. The molecule has 1 saturated heterocycles. The molecule has 7 nitrogen and oxygen atoms in total. The standard InChI is InChI=1S/C16H26N4O3/c1-11(2)7-19-8-14(23-10-16(19)22)6-17-15(21)9-20-13(4)5-12(3)18-20/h5,11,14H,6-10H2,1-4H3,(H,17,21). The summed E-state index contributed by atoms with van der Waals surface area (Å²) in [6, 6.07) is 1.94. The molecular formula is C16H26N4O3. The average molecular weight is 322 g/mol. The Morgan fingerprint density at radius 1 is 1.48 bits per heavy atom. The molecule has 0 aromatic carbocycles. The van der Waals surface area contributed by atoms with Crippen molar-refractivity contribution in [1.82, 2.24) is 20.0 Å². The molecule has 1 aromatic heterocycles. The van der Waals surface area contributed by atoms with E-state index < -0.39 is 0 Å². The van der Waals surface area contributed by atoms with E-state index in [0.29, 0.717) is 19.0 Å². The number of nitrogens with zero attached hydrogens (tertiary/aromatic N) is 3. The van der Waals surface area contributed by atoms with Crippen molar-refractivity contribution < 1.29 is 14.3 Å². The predicted molar refractivity (Wildman–Crippen MR) is 85.9 cm³/mol. The summed E-state index contributed by atoms with van der Waals surface area (Å²) in [5.41, 5.74) is 1.86. The highest BCUT2D eigenvalue weighted by Gasteiger charge is 2.26. The number of hydrogen-bond donors (Lipinski definition) is 1. The van der Waals surface area contributed by atoms with Gasteiger partial charge in [-0.05, 0) is 25.8 Å². The van der Waals surface area contributed by atoms with Crippen LogP contribution in [-0.4, -0.2) is 58.8 Å². The molecule has 2 amide bonds. The zero-order valence-corrected chi connectivity index (χ0v) is 14.3. The second-order valence-corrected chi connectivity index (χ2v) is 6.51. The molecule has 1 aliphatic heterocycles. The van der Waals surface area contributed by atoms with E-state index in [1.54, 1.807) is 4.68 Å². The molecule has 0 aliphatic carbocycles. The van der Waals surface area contributed by atoms with Gasteiger partial charge in [0.1, 0.15) is 13.2 Å². The summed E-state index contributed by atoms with van der Waals surface area (Å²) >= 11 is 0. The SMILES string of the molecule is Cc1cc(C)n(CC(=O)NCC2CN(CC(C)C)C(=O)CO2)n1. The molecule has 1 atom stereocenters. The smallest absolute Gasteiger partial charge is 0.248 e. The van der Waals surface area contributed by atoms with Gasteiger partial charge in [-0.2, -0.15) is 5.10 Å². The molecule has 1 unspecified atom stereocenters. The third-order valence-electron chi connectivity index (χ3n) is 3.73. The van der Waals surface area contributed by atoms with Crippen LogP contribution in [0.3, 0.4) is 0 Å². The third-order valence-corrected chi connectivity index (χ3v) is 3.73. The van der Waals surface area contributed by atoms with Crippen molar-refractivity contribution in [3.8, 4) is 0 Å². The largest absolute Gasteiger partial charge is 0.365 e. The lowest BCUT2D eigenvalue weighted by atomic mass is 10.1. The Labute approximate surface area is 137 Å². The number of amides is 2. The molecule has 0 spiro atoms. The highest BCUT2D eigenvalue weighted by atomic mass is 16.5. The fourth-order valence-corrected chi connectivity index (χ4v) is 2.68. The highest BCUT2D eigenvalue weighted by molar-refractivity contribution is 5.78. The van der Waals surface area contributed by atoms with E-state index in [1.165, 1.54) is 0 Å². The predicted octanol–water partition coefficient (Wildman–Crippen LogP) is 0.500. The molecular weight excluding hydrogens is 296 g/mol. The normalized spacial score (nSPS) is 18.6. The van der Waals surface area contributed by atoms with Crippen LogP contribution < -0.4 is 5.32 Å². The molecule has 7 heteroatoms. The average Bonchev–Trinajstić information content (AvgIpc) is 2.77. The van der Waals surface area contributed by atoms with Crippen LogP contribution in [0.2, 0.25) is 0 Å². The first-order valence-corrected chi connectivity index (χ1v) is 8.02. The molecule has 0 radical (unpaired) electrons. The van der Waals surface area contributed by atoms with Gasteiger partial charge in [0.2, 0.25) is 11.8 Å². The Morgan fingerprint density at radius 2 is 2.22 bits per heavy atom. The summed E-state index contributed by atoms with van der Waals surface area (Å²) in [5, 5.41) is 7.13. The van der Waals surface area contributed by atoms with Crippen LogP contribution in [0.5, 0.6) is 0 Å². The van der Waals surface area contributed by atoms with Crippen molar-refractivity contribution >= 4 is 11.8 Å². The summed E-state index contributed by atoms with van der Waals surface area (Å²) in [7, 11) is 0. The van der Waals surface area contributed by atoms with Gasteiger partial charge >= 0.3 is 0 Å². The lowest BCUT2D eigenvalue weighted by molar-refractivity contribution is -0.149. The Bertz CT molecular complexity index is 568. The van der Waals surface area contributed by atoms with Crippen molar-refractivity contribution in [3.05, 3.63) is 17.5 Å². The number of aryl methyl sites for hydroxylation is 2. The van der Waals surface area contributed by atoms with Crippen LogP contribution in [0, 0.1) is 19.8 Å². The summed E-state index contributed by atoms with van der Waals surface area (Å²) in [6.45, 7) is 9.91. The lowest BCUT2D eigenvalue weighted by Gasteiger charge is -2.33. The minimum Gasteiger partial charge on any atom is -0.365 e. The highest BCUT2D eigenvalue weighted by Crippen LogP contribution is 2.09. The zero-order valence-electron chi connectivity index (χ0n) is 14.3. The lowest BCUT2D eigenvalue weighted by Crippen LogP contribution is -2.51. The van der Waals surface area contributed by atoms with Crippen LogP contribution in [-0.2, 0) is 20.9 Å². The summed E-state index contributed by atoms with van der Waals surface area (Å²) in [4.78, 5) is 25.6.